The Morgan fingerprint density at radius 2 is 2.08 bits per heavy atom. The summed E-state index contributed by atoms with van der Waals surface area (Å²) < 4.78 is 2.02. The number of guanidine groups is 1. The summed E-state index contributed by atoms with van der Waals surface area (Å²) >= 11 is 0. The number of nitrogens with zero attached hydrogens (tertiary/aromatic N) is 4. The maximum Gasteiger partial charge on any atom is 0.191 e. The van der Waals surface area contributed by atoms with Gasteiger partial charge in [0.25, 0.3) is 0 Å². The molecule has 0 bridgehead atoms. The van der Waals surface area contributed by atoms with Gasteiger partial charge in [0.05, 0.1) is 6.04 Å². The van der Waals surface area contributed by atoms with E-state index in [-0.39, 0.29) is 6.04 Å². The van der Waals surface area contributed by atoms with Crippen LogP contribution in [0, 0.1) is 6.92 Å². The average molecular weight is 324 g/mol. The van der Waals surface area contributed by atoms with Gasteiger partial charge < -0.3 is 10.6 Å². The van der Waals surface area contributed by atoms with Crippen molar-refractivity contribution >= 4 is 5.96 Å². The summed E-state index contributed by atoms with van der Waals surface area (Å²) in [6.07, 6.45) is 3.33. The minimum Gasteiger partial charge on any atom is -0.353 e. The van der Waals surface area contributed by atoms with Crippen LogP contribution in [-0.2, 0) is 6.54 Å². The molecule has 2 N–H and O–H groups in total. The molecule has 6 nitrogen and oxygen atoms in total. The van der Waals surface area contributed by atoms with Gasteiger partial charge in [0.1, 0.15) is 11.6 Å². The van der Waals surface area contributed by atoms with E-state index in [0.29, 0.717) is 12.0 Å². The van der Waals surface area contributed by atoms with E-state index >= 15 is 0 Å². The predicted molar refractivity (Wildman–Crippen MR) is 94.0 cm³/mol. The molecule has 126 valence electrons. The summed E-state index contributed by atoms with van der Waals surface area (Å²) in [6, 6.07) is 11.3. The second-order valence-electron chi connectivity index (χ2n) is 6.66. The van der Waals surface area contributed by atoms with E-state index in [0.717, 1.165) is 43.4 Å². The summed E-state index contributed by atoms with van der Waals surface area (Å²) in [4.78, 5) is 8.99. The van der Waals surface area contributed by atoms with Crippen molar-refractivity contribution in [2.24, 2.45) is 4.99 Å². The third-order valence-electron chi connectivity index (χ3n) is 4.86. The number of hydrogen-bond donors (Lipinski definition) is 2. The Bertz CT molecular complexity index is 735. The number of rotatable bonds is 3. The van der Waals surface area contributed by atoms with Crippen molar-refractivity contribution < 1.29 is 0 Å². The lowest BCUT2D eigenvalue weighted by Gasteiger charge is -2.25. The minimum atomic E-state index is 0.181. The van der Waals surface area contributed by atoms with Gasteiger partial charge in [0, 0.05) is 25.6 Å². The summed E-state index contributed by atoms with van der Waals surface area (Å²) in [5.74, 6) is 3.31. The molecule has 24 heavy (non-hydrogen) atoms. The van der Waals surface area contributed by atoms with Gasteiger partial charge in [-0.25, -0.2) is 9.67 Å². The first-order chi connectivity index (χ1) is 11.7. The molecule has 1 saturated carbocycles. The second kappa shape index (κ2) is 6.26. The fourth-order valence-corrected chi connectivity index (χ4v) is 3.54. The highest BCUT2D eigenvalue weighted by Crippen LogP contribution is 2.40. The van der Waals surface area contributed by atoms with Crippen molar-refractivity contribution in [3.8, 4) is 0 Å². The molecule has 0 radical (unpaired) electrons. The van der Waals surface area contributed by atoms with Crippen LogP contribution in [0.2, 0.25) is 0 Å². The molecular weight excluding hydrogens is 300 g/mol. The Hall–Kier alpha value is -2.37. The molecular formula is C18H24N6. The Morgan fingerprint density at radius 3 is 2.88 bits per heavy atom. The van der Waals surface area contributed by atoms with Crippen molar-refractivity contribution in [3.05, 3.63) is 47.5 Å². The monoisotopic (exact) mass is 324 g/mol. The molecule has 1 aliphatic heterocycles. The zero-order chi connectivity index (χ0) is 16.5. The standard InChI is InChI=1S/C18H24N6/c1-12-20-17-15(9-6-10-24(17)23-12)21-18(19-2)22-16-11-14(16)13-7-4-3-5-8-13/h3-5,7-8,14-16H,6,9-11H2,1-2H3,(H2,19,21,22). The Balaban J connectivity index is 1.40. The van der Waals surface area contributed by atoms with Gasteiger partial charge in [-0.1, -0.05) is 30.3 Å². The van der Waals surface area contributed by atoms with Crippen LogP contribution in [0.1, 0.15) is 48.4 Å². The highest BCUT2D eigenvalue weighted by Gasteiger charge is 2.39. The van der Waals surface area contributed by atoms with Crippen LogP contribution >= 0.6 is 0 Å². The summed E-state index contributed by atoms with van der Waals surface area (Å²) in [7, 11) is 1.83. The second-order valence-corrected chi connectivity index (χ2v) is 6.66. The molecule has 4 rings (SSSR count). The number of hydrogen-bond acceptors (Lipinski definition) is 3. The van der Waals surface area contributed by atoms with Gasteiger partial charge in [-0.2, -0.15) is 5.10 Å². The molecule has 1 aliphatic carbocycles. The number of aryl methyl sites for hydroxylation is 2. The van der Waals surface area contributed by atoms with Crippen molar-refractivity contribution in [1.82, 2.24) is 25.4 Å². The lowest BCUT2D eigenvalue weighted by molar-refractivity contribution is 0.397. The van der Waals surface area contributed by atoms with E-state index in [1.54, 1.807) is 0 Å². The first kappa shape index (κ1) is 15.2. The van der Waals surface area contributed by atoms with Gasteiger partial charge in [0.15, 0.2) is 5.96 Å². The molecule has 0 amide bonds. The van der Waals surface area contributed by atoms with Crippen molar-refractivity contribution in [2.75, 3.05) is 7.05 Å². The third kappa shape index (κ3) is 3.00. The van der Waals surface area contributed by atoms with E-state index < -0.39 is 0 Å². The number of aliphatic imine (C=N–C) groups is 1. The zero-order valence-corrected chi connectivity index (χ0v) is 14.2. The van der Waals surface area contributed by atoms with Crippen LogP contribution in [-0.4, -0.2) is 33.8 Å². The van der Waals surface area contributed by atoms with Gasteiger partial charge >= 0.3 is 0 Å². The molecule has 1 aromatic heterocycles. The van der Waals surface area contributed by atoms with Gasteiger partial charge in [-0.15, -0.1) is 0 Å². The van der Waals surface area contributed by atoms with Crippen LogP contribution in [0.4, 0.5) is 0 Å². The van der Waals surface area contributed by atoms with E-state index in [9.17, 15) is 0 Å². The minimum absolute atomic E-state index is 0.181. The molecule has 2 heterocycles. The Labute approximate surface area is 142 Å². The first-order valence-electron chi connectivity index (χ1n) is 8.70. The maximum absolute atomic E-state index is 4.58. The molecule has 1 aromatic carbocycles. The third-order valence-corrected chi connectivity index (χ3v) is 4.86. The van der Waals surface area contributed by atoms with E-state index in [1.165, 1.54) is 5.56 Å². The van der Waals surface area contributed by atoms with Crippen molar-refractivity contribution in [2.45, 2.75) is 50.7 Å². The molecule has 0 saturated heterocycles. The van der Waals surface area contributed by atoms with E-state index in [2.05, 4.69) is 56.0 Å². The van der Waals surface area contributed by atoms with E-state index in [4.69, 9.17) is 0 Å². The van der Waals surface area contributed by atoms with Gasteiger partial charge in [0.2, 0.25) is 0 Å². The number of nitrogens with one attached hydrogen (secondary N) is 2. The van der Waals surface area contributed by atoms with Gasteiger partial charge in [-0.3, -0.25) is 4.99 Å². The quantitative estimate of drug-likeness (QED) is 0.670. The highest BCUT2D eigenvalue weighted by atomic mass is 15.4. The van der Waals surface area contributed by atoms with Crippen LogP contribution in [0.25, 0.3) is 0 Å². The Kier molecular flexibility index (Phi) is 3.96. The molecule has 6 heteroatoms. The summed E-state index contributed by atoms with van der Waals surface area (Å²) in [6.45, 7) is 2.91. The maximum atomic E-state index is 4.58. The largest absolute Gasteiger partial charge is 0.353 e. The van der Waals surface area contributed by atoms with Crippen molar-refractivity contribution in [3.63, 3.8) is 0 Å². The van der Waals surface area contributed by atoms with Crippen LogP contribution < -0.4 is 10.6 Å². The lowest BCUT2D eigenvalue weighted by Crippen LogP contribution is -2.42. The zero-order valence-electron chi connectivity index (χ0n) is 14.2. The molecule has 1 fully saturated rings. The molecule has 0 spiro atoms. The van der Waals surface area contributed by atoms with E-state index in [1.807, 2.05) is 18.7 Å². The average Bonchev–Trinajstić information content (AvgIpc) is 3.26. The summed E-state index contributed by atoms with van der Waals surface area (Å²) in [5.41, 5.74) is 1.40. The summed E-state index contributed by atoms with van der Waals surface area (Å²) in [5, 5.41) is 11.6. The fraction of sp³-hybridized carbons (Fsp3) is 0.500. The predicted octanol–water partition coefficient (Wildman–Crippen LogP) is 2.14. The molecule has 2 aromatic rings. The first-order valence-corrected chi connectivity index (χ1v) is 8.70. The highest BCUT2D eigenvalue weighted by molar-refractivity contribution is 5.81. The number of aromatic nitrogens is 3. The van der Waals surface area contributed by atoms with Gasteiger partial charge in [-0.05, 0) is 31.7 Å². The molecule has 3 atom stereocenters. The van der Waals surface area contributed by atoms with Crippen molar-refractivity contribution in [1.29, 1.82) is 0 Å². The lowest BCUT2D eigenvalue weighted by atomic mass is 10.1. The SMILES string of the molecule is CN=C(NC1CCCn2nc(C)nc21)NC1CC1c1ccccc1. The topological polar surface area (TPSA) is 67.1 Å². The smallest absolute Gasteiger partial charge is 0.191 e. The van der Waals surface area contributed by atoms with Crippen LogP contribution in [0.5, 0.6) is 0 Å². The Morgan fingerprint density at radius 1 is 1.25 bits per heavy atom. The fourth-order valence-electron chi connectivity index (χ4n) is 3.54. The molecule has 3 unspecified atom stereocenters. The normalized spacial score (nSPS) is 25.9. The van der Waals surface area contributed by atoms with Crippen LogP contribution in [0.3, 0.4) is 0 Å². The number of fused-ring (bicyclic) bond motifs is 1. The molecule has 2 aliphatic rings. The van der Waals surface area contributed by atoms with Crippen LogP contribution in [0.15, 0.2) is 35.3 Å². The number of benzene rings is 1.